The fourth-order valence-electron chi connectivity index (χ4n) is 3.54. The van der Waals surface area contributed by atoms with Gasteiger partial charge in [0.1, 0.15) is 23.0 Å². The molecule has 7 heteroatoms. The van der Waals surface area contributed by atoms with Gasteiger partial charge in [0.15, 0.2) is 0 Å². The van der Waals surface area contributed by atoms with Crippen molar-refractivity contribution in [2.24, 2.45) is 0 Å². The standard InChI is InChI=1S/C30H28N2O5/c1-3-35-27-9-5-7-21(19-27)29(33)31-23-11-15-25(16-12-23)37-26-17-13-24(14-18-26)32-30(34)22-8-6-10-28(20-22)36-4-2/h5-20H,3-4H2,1-2H3,(H,31,33)(H,32,34). The molecule has 4 rings (SSSR count). The van der Waals surface area contributed by atoms with Crippen LogP contribution < -0.4 is 24.8 Å². The minimum Gasteiger partial charge on any atom is -0.494 e. The third kappa shape index (κ3) is 7.11. The van der Waals surface area contributed by atoms with Crippen LogP contribution in [0.2, 0.25) is 0 Å². The van der Waals surface area contributed by atoms with Gasteiger partial charge >= 0.3 is 0 Å². The molecular weight excluding hydrogens is 468 g/mol. The van der Waals surface area contributed by atoms with Gasteiger partial charge in [-0.2, -0.15) is 0 Å². The Hall–Kier alpha value is -4.78. The monoisotopic (exact) mass is 496 g/mol. The maximum Gasteiger partial charge on any atom is 0.255 e. The fraction of sp³-hybridized carbons (Fsp3) is 0.133. The third-order valence-electron chi connectivity index (χ3n) is 5.27. The molecule has 0 atom stereocenters. The Bertz CT molecular complexity index is 1250. The van der Waals surface area contributed by atoms with Crippen molar-refractivity contribution in [1.82, 2.24) is 0 Å². The normalized spacial score (nSPS) is 10.3. The Morgan fingerprint density at radius 3 is 1.35 bits per heavy atom. The van der Waals surface area contributed by atoms with Crippen LogP contribution in [0.15, 0.2) is 97.1 Å². The van der Waals surface area contributed by atoms with Crippen molar-refractivity contribution in [3.63, 3.8) is 0 Å². The summed E-state index contributed by atoms with van der Waals surface area (Å²) >= 11 is 0. The highest BCUT2D eigenvalue weighted by Gasteiger charge is 2.09. The van der Waals surface area contributed by atoms with Gasteiger partial charge in [-0.1, -0.05) is 12.1 Å². The molecule has 4 aromatic rings. The summed E-state index contributed by atoms with van der Waals surface area (Å²) in [5, 5.41) is 5.74. The molecule has 0 unspecified atom stereocenters. The van der Waals surface area contributed by atoms with Gasteiger partial charge in [0.2, 0.25) is 0 Å². The van der Waals surface area contributed by atoms with Crippen LogP contribution in [0.25, 0.3) is 0 Å². The Morgan fingerprint density at radius 1 is 0.568 bits per heavy atom. The van der Waals surface area contributed by atoms with Crippen molar-refractivity contribution in [3.05, 3.63) is 108 Å². The first-order valence-electron chi connectivity index (χ1n) is 12.0. The number of hydrogen-bond acceptors (Lipinski definition) is 5. The van der Waals surface area contributed by atoms with Crippen molar-refractivity contribution >= 4 is 23.2 Å². The lowest BCUT2D eigenvalue weighted by Gasteiger charge is -2.10. The minimum atomic E-state index is -0.225. The van der Waals surface area contributed by atoms with Gasteiger partial charge in [0.05, 0.1) is 13.2 Å². The number of nitrogens with one attached hydrogen (secondary N) is 2. The first-order chi connectivity index (χ1) is 18.0. The number of carbonyl (C=O) groups excluding carboxylic acids is 2. The van der Waals surface area contributed by atoms with Crippen LogP contribution in [-0.2, 0) is 0 Å². The van der Waals surface area contributed by atoms with Gasteiger partial charge in [-0.25, -0.2) is 0 Å². The summed E-state index contributed by atoms with van der Waals surface area (Å²) in [5.41, 5.74) is 2.32. The molecule has 188 valence electrons. The predicted octanol–water partition coefficient (Wildman–Crippen LogP) is 6.78. The molecule has 37 heavy (non-hydrogen) atoms. The van der Waals surface area contributed by atoms with Crippen LogP contribution >= 0.6 is 0 Å². The molecule has 0 aliphatic heterocycles. The largest absolute Gasteiger partial charge is 0.494 e. The summed E-state index contributed by atoms with van der Waals surface area (Å²) in [7, 11) is 0. The molecule has 0 aliphatic rings. The fourth-order valence-corrected chi connectivity index (χ4v) is 3.54. The average Bonchev–Trinajstić information content (AvgIpc) is 2.91. The van der Waals surface area contributed by atoms with Crippen molar-refractivity contribution in [1.29, 1.82) is 0 Å². The Labute approximate surface area is 216 Å². The minimum absolute atomic E-state index is 0.225. The number of ether oxygens (including phenoxy) is 3. The molecule has 0 aliphatic carbocycles. The summed E-state index contributed by atoms with van der Waals surface area (Å²) in [6.07, 6.45) is 0. The van der Waals surface area contributed by atoms with Crippen molar-refractivity contribution in [2.75, 3.05) is 23.8 Å². The molecule has 7 nitrogen and oxygen atoms in total. The van der Waals surface area contributed by atoms with Crippen LogP contribution in [0.4, 0.5) is 11.4 Å². The molecule has 0 aromatic heterocycles. The van der Waals surface area contributed by atoms with Crippen molar-refractivity contribution in [2.45, 2.75) is 13.8 Å². The first-order valence-corrected chi connectivity index (χ1v) is 12.0. The molecule has 0 bridgehead atoms. The number of anilines is 2. The number of rotatable bonds is 10. The smallest absolute Gasteiger partial charge is 0.255 e. The molecule has 0 saturated carbocycles. The second kappa shape index (κ2) is 12.3. The van der Waals surface area contributed by atoms with E-state index in [4.69, 9.17) is 14.2 Å². The molecule has 0 fully saturated rings. The quantitative estimate of drug-likeness (QED) is 0.253. The Balaban J connectivity index is 1.32. The van der Waals surface area contributed by atoms with Crippen LogP contribution in [0.5, 0.6) is 23.0 Å². The van der Waals surface area contributed by atoms with Crippen molar-refractivity contribution in [3.8, 4) is 23.0 Å². The zero-order valence-corrected chi connectivity index (χ0v) is 20.7. The van der Waals surface area contributed by atoms with Crippen molar-refractivity contribution < 1.29 is 23.8 Å². The van der Waals surface area contributed by atoms with E-state index in [-0.39, 0.29) is 11.8 Å². The topological polar surface area (TPSA) is 85.9 Å². The number of carbonyl (C=O) groups is 2. The summed E-state index contributed by atoms with van der Waals surface area (Å²) < 4.78 is 16.8. The number of hydrogen-bond donors (Lipinski definition) is 2. The van der Waals surface area contributed by atoms with Crippen LogP contribution in [-0.4, -0.2) is 25.0 Å². The van der Waals surface area contributed by atoms with Crippen LogP contribution in [0, 0.1) is 0 Å². The van der Waals surface area contributed by atoms with E-state index in [0.717, 1.165) is 0 Å². The SMILES string of the molecule is CCOc1cccc(C(=O)Nc2ccc(Oc3ccc(NC(=O)c4cccc(OCC)c4)cc3)cc2)c1. The maximum absolute atomic E-state index is 12.6. The second-order valence-corrected chi connectivity index (χ2v) is 7.98. The first kappa shape index (κ1) is 25.3. The highest BCUT2D eigenvalue weighted by molar-refractivity contribution is 6.05. The van der Waals surface area contributed by atoms with Gasteiger partial charge in [0, 0.05) is 22.5 Å². The molecule has 0 radical (unpaired) electrons. The van der Waals surface area contributed by atoms with E-state index in [1.54, 1.807) is 84.9 Å². The molecular formula is C30H28N2O5. The van der Waals surface area contributed by atoms with E-state index in [1.807, 2.05) is 26.0 Å². The average molecular weight is 497 g/mol. The number of amides is 2. The summed E-state index contributed by atoms with van der Waals surface area (Å²) in [6, 6.07) is 28.2. The van der Waals surface area contributed by atoms with E-state index >= 15 is 0 Å². The Kier molecular flexibility index (Phi) is 8.39. The van der Waals surface area contributed by atoms with Gasteiger partial charge in [-0.3, -0.25) is 9.59 Å². The zero-order chi connectivity index (χ0) is 26.0. The summed E-state index contributed by atoms with van der Waals surface area (Å²) in [6.45, 7) is 4.86. The highest BCUT2D eigenvalue weighted by atomic mass is 16.5. The lowest BCUT2D eigenvalue weighted by Crippen LogP contribution is -2.12. The molecule has 2 N–H and O–H groups in total. The molecule has 4 aromatic carbocycles. The zero-order valence-electron chi connectivity index (χ0n) is 20.7. The van der Waals surface area contributed by atoms with E-state index in [1.165, 1.54) is 0 Å². The van der Waals surface area contributed by atoms with Gasteiger partial charge in [0.25, 0.3) is 11.8 Å². The van der Waals surface area contributed by atoms with E-state index in [0.29, 0.717) is 58.7 Å². The predicted molar refractivity (Wildman–Crippen MR) is 144 cm³/mol. The second-order valence-electron chi connectivity index (χ2n) is 7.98. The summed E-state index contributed by atoms with van der Waals surface area (Å²) in [5.74, 6) is 2.08. The molecule has 0 saturated heterocycles. The van der Waals surface area contributed by atoms with E-state index in [9.17, 15) is 9.59 Å². The van der Waals surface area contributed by atoms with Gasteiger partial charge < -0.3 is 24.8 Å². The Morgan fingerprint density at radius 2 is 0.973 bits per heavy atom. The lowest BCUT2D eigenvalue weighted by molar-refractivity contribution is 0.101. The lowest BCUT2D eigenvalue weighted by atomic mass is 10.2. The molecule has 0 spiro atoms. The van der Waals surface area contributed by atoms with Gasteiger partial charge in [-0.05, 0) is 98.8 Å². The molecule has 2 amide bonds. The van der Waals surface area contributed by atoms with E-state index < -0.39 is 0 Å². The summed E-state index contributed by atoms with van der Waals surface area (Å²) in [4.78, 5) is 25.1. The van der Waals surface area contributed by atoms with Crippen LogP contribution in [0.3, 0.4) is 0 Å². The van der Waals surface area contributed by atoms with Crippen LogP contribution in [0.1, 0.15) is 34.6 Å². The maximum atomic E-state index is 12.6. The van der Waals surface area contributed by atoms with Gasteiger partial charge in [-0.15, -0.1) is 0 Å². The number of benzene rings is 4. The van der Waals surface area contributed by atoms with E-state index in [2.05, 4.69) is 10.6 Å². The third-order valence-corrected chi connectivity index (χ3v) is 5.27. The highest BCUT2D eigenvalue weighted by Crippen LogP contribution is 2.25. The molecule has 0 heterocycles.